The Bertz CT molecular complexity index is 482. The van der Waals surface area contributed by atoms with E-state index < -0.39 is 0 Å². The van der Waals surface area contributed by atoms with Crippen molar-refractivity contribution in [1.82, 2.24) is 20.1 Å². The van der Waals surface area contributed by atoms with Crippen molar-refractivity contribution in [3.05, 3.63) is 15.6 Å². The standard InChI is InChI=1S/C15H26N4OS/c1-11-15(21-13(3)17-11)12(2)18(4)8-5-14(20)19-9-6-16-7-10-19/h12,16H,5-10H2,1-4H3. The Morgan fingerprint density at radius 2 is 2.10 bits per heavy atom. The highest BCUT2D eigenvalue weighted by Gasteiger charge is 2.20. The van der Waals surface area contributed by atoms with Gasteiger partial charge in [-0.05, 0) is 27.8 Å². The number of carbonyl (C=O) groups is 1. The van der Waals surface area contributed by atoms with E-state index in [-0.39, 0.29) is 5.91 Å². The highest BCUT2D eigenvalue weighted by Crippen LogP contribution is 2.28. The lowest BCUT2D eigenvalue weighted by Gasteiger charge is -2.29. The molecule has 1 N–H and O–H groups in total. The van der Waals surface area contributed by atoms with Gasteiger partial charge in [0.05, 0.1) is 10.7 Å². The van der Waals surface area contributed by atoms with Gasteiger partial charge in [-0.3, -0.25) is 9.69 Å². The molecule has 1 atom stereocenters. The fraction of sp³-hybridized carbons (Fsp3) is 0.733. The summed E-state index contributed by atoms with van der Waals surface area (Å²) in [5.41, 5.74) is 1.12. The Labute approximate surface area is 131 Å². The number of hydrogen-bond acceptors (Lipinski definition) is 5. The predicted molar refractivity (Wildman–Crippen MR) is 86.7 cm³/mol. The summed E-state index contributed by atoms with van der Waals surface area (Å²) in [6.07, 6.45) is 0.595. The van der Waals surface area contributed by atoms with Crippen LogP contribution >= 0.6 is 11.3 Å². The maximum absolute atomic E-state index is 12.2. The van der Waals surface area contributed by atoms with E-state index in [1.54, 1.807) is 11.3 Å². The van der Waals surface area contributed by atoms with E-state index >= 15 is 0 Å². The summed E-state index contributed by atoms with van der Waals surface area (Å²) in [5.74, 6) is 0.271. The number of aromatic nitrogens is 1. The number of nitrogens with zero attached hydrogens (tertiary/aromatic N) is 3. The summed E-state index contributed by atoms with van der Waals surface area (Å²) in [5, 5.41) is 4.38. The number of rotatable bonds is 5. The number of hydrogen-bond donors (Lipinski definition) is 1. The van der Waals surface area contributed by atoms with Crippen molar-refractivity contribution in [1.29, 1.82) is 0 Å². The van der Waals surface area contributed by atoms with Gasteiger partial charge in [0.25, 0.3) is 0 Å². The van der Waals surface area contributed by atoms with E-state index in [9.17, 15) is 4.79 Å². The minimum atomic E-state index is 0.271. The molecule has 1 amide bonds. The molecule has 1 aromatic rings. The lowest BCUT2D eigenvalue weighted by Crippen LogP contribution is -2.47. The van der Waals surface area contributed by atoms with Gasteiger partial charge in [0.1, 0.15) is 0 Å². The van der Waals surface area contributed by atoms with Crippen molar-refractivity contribution in [3.8, 4) is 0 Å². The van der Waals surface area contributed by atoms with Crippen LogP contribution in [0.2, 0.25) is 0 Å². The fourth-order valence-electron chi connectivity index (χ4n) is 2.67. The Balaban J connectivity index is 1.84. The van der Waals surface area contributed by atoms with Crippen LogP contribution in [0.4, 0.5) is 0 Å². The van der Waals surface area contributed by atoms with E-state index in [2.05, 4.69) is 36.1 Å². The number of aryl methyl sites for hydroxylation is 2. The number of amides is 1. The molecule has 0 spiro atoms. The molecule has 118 valence electrons. The summed E-state index contributed by atoms with van der Waals surface area (Å²) in [4.78, 5) is 22.2. The van der Waals surface area contributed by atoms with Gasteiger partial charge < -0.3 is 10.2 Å². The highest BCUT2D eigenvalue weighted by atomic mass is 32.1. The third-order valence-electron chi connectivity index (χ3n) is 4.13. The average molecular weight is 310 g/mol. The lowest BCUT2D eigenvalue weighted by atomic mass is 10.2. The molecule has 0 aromatic carbocycles. The molecule has 0 bridgehead atoms. The third-order valence-corrected chi connectivity index (χ3v) is 5.37. The van der Waals surface area contributed by atoms with Crippen LogP contribution in [0.25, 0.3) is 0 Å². The molecule has 0 radical (unpaired) electrons. The van der Waals surface area contributed by atoms with Crippen molar-refractivity contribution in [2.45, 2.75) is 33.2 Å². The molecule has 1 fully saturated rings. The van der Waals surface area contributed by atoms with Gasteiger partial charge in [0.2, 0.25) is 5.91 Å². The molecule has 1 saturated heterocycles. The molecule has 5 nitrogen and oxygen atoms in total. The smallest absolute Gasteiger partial charge is 0.223 e. The Morgan fingerprint density at radius 3 is 2.67 bits per heavy atom. The summed E-state index contributed by atoms with van der Waals surface area (Å²) in [6, 6.07) is 0.312. The first-order chi connectivity index (χ1) is 9.99. The summed E-state index contributed by atoms with van der Waals surface area (Å²) in [7, 11) is 2.09. The monoisotopic (exact) mass is 310 g/mol. The maximum Gasteiger partial charge on any atom is 0.223 e. The van der Waals surface area contributed by atoms with E-state index in [0.29, 0.717) is 12.5 Å². The zero-order valence-corrected chi connectivity index (χ0v) is 14.3. The van der Waals surface area contributed by atoms with Crippen molar-refractivity contribution in [2.24, 2.45) is 0 Å². The molecular formula is C15H26N4OS. The van der Waals surface area contributed by atoms with Crippen LogP contribution in [0.3, 0.4) is 0 Å². The first-order valence-electron chi connectivity index (χ1n) is 7.61. The van der Waals surface area contributed by atoms with Gasteiger partial charge in [-0.15, -0.1) is 11.3 Å². The molecule has 21 heavy (non-hydrogen) atoms. The molecule has 0 saturated carbocycles. The van der Waals surface area contributed by atoms with Gasteiger partial charge in [-0.1, -0.05) is 0 Å². The van der Waals surface area contributed by atoms with Crippen LogP contribution in [0.15, 0.2) is 0 Å². The minimum Gasteiger partial charge on any atom is -0.340 e. The van der Waals surface area contributed by atoms with E-state index in [4.69, 9.17) is 0 Å². The van der Waals surface area contributed by atoms with Crippen molar-refractivity contribution in [2.75, 3.05) is 39.8 Å². The summed E-state index contributed by atoms with van der Waals surface area (Å²) in [6.45, 7) is 10.6. The van der Waals surface area contributed by atoms with Gasteiger partial charge in [0, 0.05) is 50.1 Å². The molecule has 2 heterocycles. The van der Waals surface area contributed by atoms with Gasteiger partial charge >= 0.3 is 0 Å². The van der Waals surface area contributed by atoms with E-state index in [1.165, 1.54) is 4.88 Å². The molecule has 1 unspecified atom stereocenters. The zero-order valence-electron chi connectivity index (χ0n) is 13.5. The average Bonchev–Trinajstić information content (AvgIpc) is 2.83. The zero-order chi connectivity index (χ0) is 15.4. The fourth-order valence-corrected chi connectivity index (χ4v) is 3.72. The number of carbonyl (C=O) groups excluding carboxylic acids is 1. The largest absolute Gasteiger partial charge is 0.340 e. The van der Waals surface area contributed by atoms with Crippen LogP contribution < -0.4 is 5.32 Å². The second-order valence-electron chi connectivity index (χ2n) is 5.72. The van der Waals surface area contributed by atoms with Crippen LogP contribution in [-0.4, -0.2) is 60.5 Å². The molecule has 0 aliphatic carbocycles. The number of nitrogens with one attached hydrogen (secondary N) is 1. The van der Waals surface area contributed by atoms with Crippen LogP contribution in [0.5, 0.6) is 0 Å². The van der Waals surface area contributed by atoms with Gasteiger partial charge in [0.15, 0.2) is 0 Å². The first kappa shape index (κ1) is 16.4. The van der Waals surface area contributed by atoms with Gasteiger partial charge in [-0.25, -0.2) is 4.98 Å². The number of thiazole rings is 1. The Morgan fingerprint density at radius 1 is 1.43 bits per heavy atom. The van der Waals surface area contributed by atoms with E-state index in [0.717, 1.165) is 43.4 Å². The normalized spacial score (nSPS) is 17.3. The minimum absolute atomic E-state index is 0.271. The molecule has 6 heteroatoms. The maximum atomic E-state index is 12.2. The molecule has 1 aliphatic rings. The van der Waals surface area contributed by atoms with Crippen molar-refractivity contribution >= 4 is 17.2 Å². The van der Waals surface area contributed by atoms with Crippen LogP contribution in [0.1, 0.15) is 35.0 Å². The lowest BCUT2D eigenvalue weighted by molar-refractivity contribution is -0.132. The first-order valence-corrected chi connectivity index (χ1v) is 8.43. The second-order valence-corrected chi connectivity index (χ2v) is 6.95. The summed E-state index contributed by atoms with van der Waals surface area (Å²) >= 11 is 1.76. The molecule has 1 aromatic heterocycles. The Kier molecular flexibility index (Phi) is 5.72. The van der Waals surface area contributed by atoms with E-state index in [1.807, 2.05) is 11.8 Å². The SMILES string of the molecule is Cc1nc(C)c(C(C)N(C)CCC(=O)N2CCNCC2)s1. The van der Waals surface area contributed by atoms with Crippen molar-refractivity contribution in [3.63, 3.8) is 0 Å². The Hall–Kier alpha value is -0.980. The summed E-state index contributed by atoms with van der Waals surface area (Å²) < 4.78 is 0. The number of piperazine rings is 1. The molecular weight excluding hydrogens is 284 g/mol. The predicted octanol–water partition coefficient (Wildman–Crippen LogP) is 1.57. The van der Waals surface area contributed by atoms with Crippen LogP contribution in [-0.2, 0) is 4.79 Å². The third kappa shape index (κ3) is 4.25. The molecule has 1 aliphatic heterocycles. The van der Waals surface area contributed by atoms with Crippen LogP contribution in [0, 0.1) is 13.8 Å². The molecule has 2 rings (SSSR count). The highest BCUT2D eigenvalue weighted by molar-refractivity contribution is 7.11. The quantitative estimate of drug-likeness (QED) is 0.897. The van der Waals surface area contributed by atoms with Crippen molar-refractivity contribution < 1.29 is 4.79 Å². The topological polar surface area (TPSA) is 48.5 Å². The van der Waals surface area contributed by atoms with Gasteiger partial charge in [-0.2, -0.15) is 0 Å². The second kappa shape index (κ2) is 7.33.